The van der Waals surface area contributed by atoms with Crippen LogP contribution >= 0.6 is 0 Å². The molecule has 0 bridgehead atoms. The molecule has 0 atom stereocenters. The maximum absolute atomic E-state index is 13.1. The Morgan fingerprint density at radius 3 is 2.61 bits per heavy atom. The minimum absolute atomic E-state index is 0.0868. The molecule has 0 unspecified atom stereocenters. The van der Waals surface area contributed by atoms with Crippen LogP contribution in [0.2, 0.25) is 0 Å². The monoisotopic (exact) mass is 375 g/mol. The highest BCUT2D eigenvalue weighted by Crippen LogP contribution is 2.34. The molecule has 2 aromatic carbocycles. The number of carbonyl (C=O) groups is 1. The highest BCUT2D eigenvalue weighted by Gasteiger charge is 2.26. The van der Waals surface area contributed by atoms with E-state index in [1.807, 2.05) is 38.1 Å². The maximum Gasteiger partial charge on any atom is 0.205 e. The molecule has 1 aliphatic carbocycles. The molecule has 0 spiro atoms. The third-order valence-corrected chi connectivity index (χ3v) is 5.22. The first-order valence-corrected chi connectivity index (χ1v) is 9.87. The number of hydrogen-bond acceptors (Lipinski definition) is 3. The average Bonchev–Trinajstić information content (AvgIpc) is 3.07. The van der Waals surface area contributed by atoms with Crippen molar-refractivity contribution >= 4 is 22.8 Å². The summed E-state index contributed by atoms with van der Waals surface area (Å²) in [6.07, 6.45) is 3.58. The van der Waals surface area contributed by atoms with Gasteiger partial charge in [-0.25, -0.2) is 0 Å². The number of aromatic amines is 1. The number of nitrogens with one attached hydrogen (secondary N) is 1. The van der Waals surface area contributed by atoms with E-state index in [0.29, 0.717) is 19.0 Å². The van der Waals surface area contributed by atoms with Crippen LogP contribution in [-0.4, -0.2) is 24.0 Å². The molecule has 4 rings (SSSR count). The van der Waals surface area contributed by atoms with Crippen LogP contribution in [0.4, 0.5) is 0 Å². The molecule has 4 nitrogen and oxygen atoms in total. The fraction of sp³-hybridized carbons (Fsp3) is 0.292. The van der Waals surface area contributed by atoms with Crippen molar-refractivity contribution in [2.45, 2.75) is 33.6 Å². The van der Waals surface area contributed by atoms with Crippen LogP contribution in [0.15, 0.2) is 42.0 Å². The van der Waals surface area contributed by atoms with E-state index < -0.39 is 0 Å². The van der Waals surface area contributed by atoms with Gasteiger partial charge in [0.15, 0.2) is 11.5 Å². The molecule has 1 aliphatic rings. The first-order chi connectivity index (χ1) is 13.6. The minimum atomic E-state index is 0.0868. The van der Waals surface area contributed by atoms with Crippen molar-refractivity contribution in [3.05, 3.63) is 64.4 Å². The van der Waals surface area contributed by atoms with E-state index in [2.05, 4.69) is 30.1 Å². The zero-order chi connectivity index (χ0) is 19.7. The van der Waals surface area contributed by atoms with Gasteiger partial charge in [0, 0.05) is 16.5 Å². The Morgan fingerprint density at radius 2 is 1.82 bits per heavy atom. The first kappa shape index (κ1) is 18.4. The Balaban J connectivity index is 1.70. The number of H-pyrrole nitrogens is 1. The molecule has 0 radical (unpaired) electrons. The maximum atomic E-state index is 13.1. The molecular weight excluding hydrogens is 350 g/mol. The molecule has 1 N–H and O–H groups in total. The Morgan fingerprint density at radius 1 is 1.04 bits per heavy atom. The second-order valence-corrected chi connectivity index (χ2v) is 7.05. The summed E-state index contributed by atoms with van der Waals surface area (Å²) in [6, 6.07) is 12.0. The van der Waals surface area contributed by atoms with Crippen molar-refractivity contribution in [1.82, 2.24) is 4.98 Å². The molecular formula is C24H25NO3. The number of fused-ring (bicyclic) bond motifs is 3. The number of ketones is 1. The molecule has 0 fully saturated rings. The van der Waals surface area contributed by atoms with E-state index in [1.54, 1.807) is 0 Å². The van der Waals surface area contributed by atoms with Gasteiger partial charge < -0.3 is 14.5 Å². The average molecular weight is 375 g/mol. The van der Waals surface area contributed by atoms with Crippen molar-refractivity contribution in [3.63, 3.8) is 0 Å². The van der Waals surface area contributed by atoms with Crippen LogP contribution in [0, 0.1) is 6.92 Å². The molecule has 1 aromatic heterocycles. The van der Waals surface area contributed by atoms with E-state index in [9.17, 15) is 4.79 Å². The van der Waals surface area contributed by atoms with Crippen molar-refractivity contribution in [3.8, 4) is 11.5 Å². The molecule has 0 aliphatic heterocycles. The van der Waals surface area contributed by atoms with Gasteiger partial charge >= 0.3 is 0 Å². The summed E-state index contributed by atoms with van der Waals surface area (Å²) in [5.41, 5.74) is 5.88. The predicted octanol–water partition coefficient (Wildman–Crippen LogP) is 5.49. The van der Waals surface area contributed by atoms with Gasteiger partial charge in [-0.15, -0.1) is 0 Å². The van der Waals surface area contributed by atoms with Gasteiger partial charge in [0.2, 0.25) is 5.78 Å². The van der Waals surface area contributed by atoms with E-state index in [4.69, 9.17) is 9.47 Å². The molecule has 144 valence electrons. The normalized spacial score (nSPS) is 15.1. The summed E-state index contributed by atoms with van der Waals surface area (Å²) < 4.78 is 11.3. The summed E-state index contributed by atoms with van der Waals surface area (Å²) in [7, 11) is 0. The fourth-order valence-corrected chi connectivity index (χ4v) is 3.90. The molecule has 0 amide bonds. The van der Waals surface area contributed by atoms with Crippen LogP contribution in [-0.2, 0) is 6.42 Å². The van der Waals surface area contributed by atoms with Crippen LogP contribution in [0.1, 0.15) is 47.4 Å². The van der Waals surface area contributed by atoms with Gasteiger partial charge in [-0.1, -0.05) is 24.3 Å². The number of benzene rings is 2. The Bertz CT molecular complexity index is 1070. The number of ether oxygens (including phenoxy) is 2. The molecule has 1 heterocycles. The van der Waals surface area contributed by atoms with Crippen molar-refractivity contribution in [1.29, 1.82) is 0 Å². The topological polar surface area (TPSA) is 51.3 Å². The van der Waals surface area contributed by atoms with Gasteiger partial charge in [0.05, 0.1) is 18.9 Å². The lowest BCUT2D eigenvalue weighted by atomic mass is 9.89. The number of aromatic nitrogens is 1. The fourth-order valence-electron chi connectivity index (χ4n) is 3.90. The van der Waals surface area contributed by atoms with E-state index in [-0.39, 0.29) is 5.78 Å². The molecule has 0 saturated carbocycles. The number of carbonyl (C=O) groups excluding carboxylic acids is 1. The zero-order valence-electron chi connectivity index (χ0n) is 16.6. The van der Waals surface area contributed by atoms with Gasteiger partial charge in [-0.2, -0.15) is 0 Å². The Hall–Kier alpha value is -3.01. The molecule has 28 heavy (non-hydrogen) atoms. The lowest BCUT2D eigenvalue weighted by molar-refractivity contribution is 0.102. The smallest absolute Gasteiger partial charge is 0.205 e. The third-order valence-electron chi connectivity index (χ3n) is 5.22. The highest BCUT2D eigenvalue weighted by molar-refractivity contribution is 6.15. The van der Waals surface area contributed by atoms with Crippen molar-refractivity contribution in [2.24, 2.45) is 0 Å². The van der Waals surface area contributed by atoms with Crippen molar-refractivity contribution in [2.75, 3.05) is 13.2 Å². The number of aryl methyl sites for hydroxylation is 2. The number of hydrogen-bond donors (Lipinski definition) is 1. The lowest BCUT2D eigenvalue weighted by Gasteiger charge is -2.15. The standard InChI is InChI=1S/C24H25NO3/c1-4-27-20-12-9-16(14-21(20)28-5-2)13-17-10-11-19-18-8-6-7-15(3)22(18)25-23(19)24(17)26/h6-9,12-14,25H,4-5,10-11H2,1-3H3/b17-13+. The second-order valence-electron chi connectivity index (χ2n) is 7.05. The van der Waals surface area contributed by atoms with E-state index in [0.717, 1.165) is 52.1 Å². The van der Waals surface area contributed by atoms with Crippen LogP contribution in [0.25, 0.3) is 17.0 Å². The summed E-state index contributed by atoms with van der Waals surface area (Å²) in [4.78, 5) is 16.5. The second kappa shape index (κ2) is 7.55. The third kappa shape index (κ3) is 3.19. The minimum Gasteiger partial charge on any atom is -0.490 e. The Kier molecular flexibility index (Phi) is 4.95. The lowest BCUT2D eigenvalue weighted by Crippen LogP contribution is -2.13. The summed E-state index contributed by atoms with van der Waals surface area (Å²) in [5.74, 6) is 1.53. The van der Waals surface area contributed by atoms with E-state index >= 15 is 0 Å². The van der Waals surface area contributed by atoms with Gasteiger partial charge in [-0.05, 0) is 68.5 Å². The number of para-hydroxylation sites is 1. The number of allylic oxidation sites excluding steroid dienone is 1. The molecule has 4 heteroatoms. The van der Waals surface area contributed by atoms with Gasteiger partial charge in [0.1, 0.15) is 0 Å². The van der Waals surface area contributed by atoms with Crippen LogP contribution < -0.4 is 9.47 Å². The summed E-state index contributed by atoms with van der Waals surface area (Å²) in [6.45, 7) is 7.12. The SMILES string of the molecule is CCOc1ccc(/C=C2\CCc3c([nH]c4c(C)cccc34)C2=O)cc1OCC. The van der Waals surface area contributed by atoms with Gasteiger partial charge in [0.25, 0.3) is 0 Å². The quantitative estimate of drug-likeness (QED) is 0.600. The summed E-state index contributed by atoms with van der Waals surface area (Å²) in [5, 5.41) is 1.17. The summed E-state index contributed by atoms with van der Waals surface area (Å²) >= 11 is 0. The number of Topliss-reactive ketones (excluding diaryl/α,β-unsaturated/α-hetero) is 1. The first-order valence-electron chi connectivity index (χ1n) is 9.87. The van der Waals surface area contributed by atoms with Crippen LogP contribution in [0.5, 0.6) is 11.5 Å². The molecule has 0 saturated heterocycles. The zero-order valence-corrected chi connectivity index (χ0v) is 16.6. The number of rotatable bonds is 5. The molecule has 3 aromatic rings. The van der Waals surface area contributed by atoms with Gasteiger partial charge in [-0.3, -0.25) is 4.79 Å². The Labute approximate surface area is 165 Å². The van der Waals surface area contributed by atoms with E-state index in [1.165, 1.54) is 5.39 Å². The highest BCUT2D eigenvalue weighted by atomic mass is 16.5. The van der Waals surface area contributed by atoms with Crippen molar-refractivity contribution < 1.29 is 14.3 Å². The van der Waals surface area contributed by atoms with Crippen LogP contribution in [0.3, 0.4) is 0 Å². The largest absolute Gasteiger partial charge is 0.490 e. The predicted molar refractivity (Wildman–Crippen MR) is 112 cm³/mol.